The van der Waals surface area contributed by atoms with Gasteiger partial charge < -0.3 is 33.4 Å². The zero-order chi connectivity index (χ0) is 45.5. The van der Waals surface area contributed by atoms with Crippen molar-refractivity contribution in [2.24, 2.45) is 0 Å². The number of rotatable bonds is 18. The molecule has 332 valence electrons. The number of carbonyl (C=O) groups is 5. The number of anilines is 3. The summed E-state index contributed by atoms with van der Waals surface area (Å²) in [5, 5.41) is 17.5. The van der Waals surface area contributed by atoms with Gasteiger partial charge in [0, 0.05) is 32.6 Å². The maximum Gasteiger partial charge on any atom is 0.343 e. The minimum absolute atomic E-state index is 0.0268. The lowest BCUT2D eigenvalue weighted by Crippen LogP contribution is -2.20. The number of carbonyl (C=O) groups excluding carboxylic acids is 5. The molecule has 0 spiro atoms. The first kappa shape index (κ1) is 45.0. The molecule has 0 atom stereocenters. The Morgan fingerprint density at radius 1 is 0.714 bits per heavy atom. The number of nitrogens with zero attached hydrogens (tertiary/aromatic N) is 8. The molecule has 6 aromatic rings. The Kier molecular flexibility index (Phi) is 13.9. The Balaban J connectivity index is 1.48. The molecule has 0 aliphatic rings. The van der Waals surface area contributed by atoms with Crippen LogP contribution in [0.5, 0.6) is 11.5 Å². The molecule has 0 aliphatic heterocycles. The maximum absolute atomic E-state index is 13.9. The molecule has 0 aliphatic carbocycles. The van der Waals surface area contributed by atoms with Crippen LogP contribution in [0.2, 0.25) is 0 Å². The van der Waals surface area contributed by atoms with Crippen molar-refractivity contribution in [3.05, 3.63) is 76.4 Å². The van der Waals surface area contributed by atoms with Crippen molar-refractivity contribution in [1.29, 1.82) is 0 Å². The Hall–Kier alpha value is -7.51. The van der Waals surface area contributed by atoms with E-state index in [1.807, 2.05) is 32.9 Å². The number of amides is 3. The van der Waals surface area contributed by atoms with Crippen LogP contribution >= 0.6 is 0 Å². The second-order valence-electron chi connectivity index (χ2n) is 14.2. The van der Waals surface area contributed by atoms with E-state index in [1.54, 1.807) is 63.5 Å². The highest BCUT2D eigenvalue weighted by molar-refractivity contribution is 6.10. The minimum atomic E-state index is -0.754. The zero-order valence-electron chi connectivity index (χ0n) is 36.7. The van der Waals surface area contributed by atoms with Crippen LogP contribution in [0, 0.1) is 13.8 Å². The fraction of sp³-hybridized carbons (Fsp3) is 0.372. The summed E-state index contributed by atoms with van der Waals surface area (Å²) in [6.07, 6.45) is 4.34. The van der Waals surface area contributed by atoms with Gasteiger partial charge in [-0.3, -0.25) is 34.4 Å². The normalized spacial score (nSPS) is 11.3. The van der Waals surface area contributed by atoms with Gasteiger partial charge >= 0.3 is 11.9 Å². The predicted octanol–water partition coefficient (Wildman–Crippen LogP) is 5.92. The fourth-order valence-electron chi connectivity index (χ4n) is 7.02. The molecule has 0 saturated heterocycles. The molecule has 0 saturated carbocycles. The minimum Gasteiger partial charge on any atom is -0.494 e. The van der Waals surface area contributed by atoms with Gasteiger partial charge in [0.1, 0.15) is 33.7 Å². The summed E-state index contributed by atoms with van der Waals surface area (Å²) >= 11 is 0. The average Bonchev–Trinajstić information content (AvgIpc) is 4.05. The molecule has 3 N–H and O–H groups in total. The van der Waals surface area contributed by atoms with Crippen molar-refractivity contribution in [3.63, 3.8) is 0 Å². The van der Waals surface area contributed by atoms with E-state index in [9.17, 15) is 24.0 Å². The number of imidazole rings is 2. The molecule has 4 heterocycles. The third-order valence-electron chi connectivity index (χ3n) is 9.94. The van der Waals surface area contributed by atoms with Gasteiger partial charge in [-0.1, -0.05) is 26.0 Å². The van der Waals surface area contributed by atoms with E-state index in [2.05, 4.69) is 26.1 Å². The first-order chi connectivity index (χ1) is 30.3. The summed E-state index contributed by atoms with van der Waals surface area (Å²) in [6, 6.07) is 8.02. The Morgan fingerprint density at radius 3 is 1.84 bits per heavy atom. The summed E-state index contributed by atoms with van der Waals surface area (Å²) in [5.74, 6) is -1.99. The van der Waals surface area contributed by atoms with Crippen molar-refractivity contribution in [2.45, 2.75) is 80.6 Å². The highest BCUT2D eigenvalue weighted by atomic mass is 16.5. The Labute approximate surface area is 362 Å². The van der Waals surface area contributed by atoms with Crippen molar-refractivity contribution < 1.29 is 42.9 Å². The molecule has 0 unspecified atom stereocenters. The summed E-state index contributed by atoms with van der Waals surface area (Å²) in [6.45, 7) is 12.2. The monoisotopic (exact) mass is 865 g/mol. The number of benzene rings is 2. The van der Waals surface area contributed by atoms with Gasteiger partial charge in [-0.15, -0.1) is 0 Å². The van der Waals surface area contributed by atoms with E-state index in [0.717, 1.165) is 0 Å². The van der Waals surface area contributed by atoms with Crippen molar-refractivity contribution >= 4 is 69.3 Å². The number of esters is 2. The molecule has 20 heteroatoms. The van der Waals surface area contributed by atoms with Gasteiger partial charge in [0.05, 0.1) is 61.6 Å². The summed E-state index contributed by atoms with van der Waals surface area (Å²) in [4.78, 5) is 75.9. The standard InChI is InChI=1S/C43H51N11O9/c1-10-18-63-37-34(41(59)62-9)27(44-33(55)11-2)23-29-35(37)46-43(48-39(57)31-20-25(6)50-54(31)13-4)51(29)16-14-15-17-52-36-28(21-26(40(58)61-8)22-32(36)60-7)45-42(52)47-38(56)30-19-24(5)49-53(30)12-3/h14-15,19-23H,10-13,16-18H2,1-9H3,(H,44,55)(H,45,47,56)(H,46,48,57). The van der Waals surface area contributed by atoms with Crippen LogP contribution in [0.4, 0.5) is 17.6 Å². The van der Waals surface area contributed by atoms with E-state index in [0.29, 0.717) is 64.6 Å². The molecule has 20 nitrogen and oxygen atoms in total. The number of aryl methyl sites for hydroxylation is 4. The molecular formula is C43H51N11O9. The van der Waals surface area contributed by atoms with E-state index in [1.165, 1.54) is 27.4 Å². The second-order valence-corrected chi connectivity index (χ2v) is 14.2. The highest BCUT2D eigenvalue weighted by Gasteiger charge is 2.28. The number of hydrogen-bond donors (Lipinski definition) is 3. The van der Waals surface area contributed by atoms with Crippen LogP contribution < -0.4 is 25.4 Å². The lowest BCUT2D eigenvalue weighted by molar-refractivity contribution is -0.115. The van der Waals surface area contributed by atoms with Crippen LogP contribution in [-0.4, -0.2) is 96.3 Å². The van der Waals surface area contributed by atoms with Crippen LogP contribution in [0.1, 0.15) is 93.6 Å². The van der Waals surface area contributed by atoms with E-state index in [4.69, 9.17) is 28.9 Å². The van der Waals surface area contributed by atoms with Crippen molar-refractivity contribution in [3.8, 4) is 11.5 Å². The number of aromatic nitrogens is 8. The second kappa shape index (κ2) is 19.5. The molecule has 2 aromatic carbocycles. The van der Waals surface area contributed by atoms with Gasteiger partial charge in [-0.05, 0) is 64.4 Å². The summed E-state index contributed by atoms with van der Waals surface area (Å²) in [5.41, 5.74) is 3.76. The summed E-state index contributed by atoms with van der Waals surface area (Å²) in [7, 11) is 3.96. The number of allylic oxidation sites excluding steroid dienone is 2. The molecule has 0 bridgehead atoms. The SMILES string of the molecule is CCCOc1c(C(=O)OC)c(NC(=O)CC)cc2c1nc(NC(=O)c1cc(C)nn1CC)n2CC=CCn1c(NC(=O)c2cc(C)nn2CC)nc2cc(C(=O)OC)cc(OC)c21. The Morgan fingerprint density at radius 2 is 1.30 bits per heavy atom. The van der Waals surface area contributed by atoms with Gasteiger partial charge in [-0.2, -0.15) is 10.2 Å². The molecule has 0 radical (unpaired) electrons. The number of ether oxygens (including phenoxy) is 4. The number of fused-ring (bicyclic) bond motifs is 2. The topological polar surface area (TPSA) is 230 Å². The van der Waals surface area contributed by atoms with Crippen LogP contribution in [0.3, 0.4) is 0 Å². The largest absolute Gasteiger partial charge is 0.494 e. The third-order valence-corrected chi connectivity index (χ3v) is 9.94. The average molecular weight is 866 g/mol. The summed E-state index contributed by atoms with van der Waals surface area (Å²) < 4.78 is 28.6. The van der Waals surface area contributed by atoms with Gasteiger partial charge in [0.15, 0.2) is 5.75 Å². The number of methoxy groups -OCH3 is 3. The Bertz CT molecular complexity index is 2760. The molecule has 6 rings (SSSR count). The third kappa shape index (κ3) is 9.24. The maximum atomic E-state index is 13.9. The van der Waals surface area contributed by atoms with Gasteiger partial charge in [0.2, 0.25) is 17.8 Å². The quantitative estimate of drug-likeness (QED) is 0.0674. The van der Waals surface area contributed by atoms with E-state index in [-0.39, 0.29) is 72.0 Å². The number of nitrogens with one attached hydrogen (secondary N) is 3. The van der Waals surface area contributed by atoms with Crippen molar-refractivity contribution in [1.82, 2.24) is 38.7 Å². The van der Waals surface area contributed by atoms with E-state index < -0.39 is 23.8 Å². The highest BCUT2D eigenvalue weighted by Crippen LogP contribution is 2.38. The molecule has 63 heavy (non-hydrogen) atoms. The molecule has 4 aromatic heterocycles. The number of hydrogen-bond acceptors (Lipinski definition) is 13. The molecular weight excluding hydrogens is 815 g/mol. The predicted molar refractivity (Wildman–Crippen MR) is 234 cm³/mol. The van der Waals surface area contributed by atoms with Gasteiger partial charge in [0.25, 0.3) is 11.8 Å². The zero-order valence-corrected chi connectivity index (χ0v) is 36.7. The van der Waals surface area contributed by atoms with E-state index >= 15 is 0 Å². The molecule has 3 amide bonds. The smallest absolute Gasteiger partial charge is 0.343 e. The van der Waals surface area contributed by atoms with Crippen LogP contribution in [0.25, 0.3) is 22.1 Å². The molecule has 0 fully saturated rings. The lowest BCUT2D eigenvalue weighted by atomic mass is 10.1. The first-order valence-electron chi connectivity index (χ1n) is 20.4. The van der Waals surface area contributed by atoms with Crippen molar-refractivity contribution in [2.75, 3.05) is 43.9 Å². The van der Waals surface area contributed by atoms with Crippen LogP contribution in [0.15, 0.2) is 42.5 Å². The fourth-order valence-corrected chi connectivity index (χ4v) is 7.02. The first-order valence-corrected chi connectivity index (χ1v) is 20.4. The van der Waals surface area contributed by atoms with Gasteiger partial charge in [-0.25, -0.2) is 19.6 Å². The van der Waals surface area contributed by atoms with Crippen LogP contribution in [-0.2, 0) is 40.4 Å². The lowest BCUT2D eigenvalue weighted by Gasteiger charge is -2.16.